The van der Waals surface area contributed by atoms with E-state index in [4.69, 9.17) is 10.5 Å². The zero-order valence-corrected chi connectivity index (χ0v) is 16.3. The van der Waals surface area contributed by atoms with Gasteiger partial charge in [0.25, 0.3) is 0 Å². The third kappa shape index (κ3) is 6.73. The minimum atomic E-state index is -0.522. The first-order valence-electron chi connectivity index (χ1n) is 8.80. The Morgan fingerprint density at radius 2 is 1.72 bits per heavy atom. The van der Waals surface area contributed by atoms with Gasteiger partial charge in [-0.2, -0.15) is 5.10 Å². The molecule has 3 aromatic rings. The van der Waals surface area contributed by atoms with Crippen molar-refractivity contribution < 1.29 is 13.5 Å². The molecule has 0 fully saturated rings. The third-order valence-electron chi connectivity index (χ3n) is 3.86. The maximum absolute atomic E-state index is 14.2. The normalized spacial score (nSPS) is 11.7. The largest absolute Gasteiger partial charge is 0.486 e. The summed E-state index contributed by atoms with van der Waals surface area (Å²) >= 11 is 1.37. The van der Waals surface area contributed by atoms with Crippen LogP contribution in [0.1, 0.15) is 16.7 Å². The predicted octanol–water partition coefficient (Wildman–Crippen LogP) is 5.13. The molecular formula is C22H19F2N3OS. The number of nitrogens with zero attached hydrogens (tertiary/aromatic N) is 2. The van der Waals surface area contributed by atoms with Gasteiger partial charge in [-0.1, -0.05) is 54.2 Å². The van der Waals surface area contributed by atoms with E-state index >= 15 is 0 Å². The predicted molar refractivity (Wildman–Crippen MR) is 114 cm³/mol. The topological polar surface area (TPSA) is 60.0 Å². The molecule has 3 rings (SSSR count). The van der Waals surface area contributed by atoms with Crippen LogP contribution in [-0.4, -0.2) is 11.4 Å². The second-order valence-electron chi connectivity index (χ2n) is 6.06. The Hall–Kier alpha value is -3.19. The highest BCUT2D eigenvalue weighted by Crippen LogP contribution is 2.19. The lowest BCUT2D eigenvalue weighted by Crippen LogP contribution is -2.06. The van der Waals surface area contributed by atoms with E-state index in [0.717, 1.165) is 11.1 Å². The Morgan fingerprint density at radius 1 is 0.966 bits per heavy atom. The Morgan fingerprint density at radius 3 is 2.45 bits per heavy atom. The highest BCUT2D eigenvalue weighted by Gasteiger charge is 2.05. The smallest absolute Gasteiger partial charge is 0.180 e. The first-order valence-corrected chi connectivity index (χ1v) is 9.79. The van der Waals surface area contributed by atoms with Gasteiger partial charge in [-0.05, 0) is 47.0 Å². The van der Waals surface area contributed by atoms with Gasteiger partial charge in [0.2, 0.25) is 0 Å². The molecular weight excluding hydrogens is 392 g/mol. The fourth-order valence-corrected chi connectivity index (χ4v) is 2.98. The minimum Gasteiger partial charge on any atom is -0.486 e. The summed E-state index contributed by atoms with van der Waals surface area (Å²) in [5, 5.41) is 8.14. The minimum absolute atomic E-state index is 0.105. The molecule has 0 saturated heterocycles. The number of benzene rings is 3. The van der Waals surface area contributed by atoms with Crippen LogP contribution in [0.4, 0.5) is 8.78 Å². The molecule has 3 aromatic carbocycles. The highest BCUT2D eigenvalue weighted by atomic mass is 32.2. The lowest BCUT2D eigenvalue weighted by atomic mass is 10.2. The van der Waals surface area contributed by atoms with Crippen LogP contribution in [0.15, 0.2) is 83.0 Å². The number of halogens is 2. The molecule has 0 aromatic heterocycles. The molecule has 0 aliphatic heterocycles. The van der Waals surface area contributed by atoms with E-state index in [2.05, 4.69) is 10.2 Å². The number of thioether (sulfide) groups is 1. The highest BCUT2D eigenvalue weighted by molar-refractivity contribution is 8.13. The van der Waals surface area contributed by atoms with Crippen LogP contribution >= 0.6 is 11.8 Å². The van der Waals surface area contributed by atoms with Crippen molar-refractivity contribution in [3.8, 4) is 5.75 Å². The second-order valence-corrected chi connectivity index (χ2v) is 7.06. The maximum atomic E-state index is 14.2. The zero-order valence-electron chi connectivity index (χ0n) is 15.5. The molecule has 0 spiro atoms. The summed E-state index contributed by atoms with van der Waals surface area (Å²) in [6.45, 7) is 0.143. The average molecular weight is 411 g/mol. The lowest BCUT2D eigenvalue weighted by Gasteiger charge is -2.07. The SMILES string of the molecule is NC(=NN=Cc1ccc(OCc2ccc(F)cc2)c(F)c1)SCc1ccccc1. The van der Waals surface area contributed by atoms with Gasteiger partial charge in [0.1, 0.15) is 12.4 Å². The Kier molecular flexibility index (Phi) is 7.35. The number of nitrogens with two attached hydrogens (primary N) is 1. The van der Waals surface area contributed by atoms with Crippen LogP contribution in [0.5, 0.6) is 5.75 Å². The fraction of sp³-hybridized carbons (Fsp3) is 0.0909. The molecule has 0 aliphatic carbocycles. The van der Waals surface area contributed by atoms with Crippen molar-refractivity contribution in [3.63, 3.8) is 0 Å². The molecule has 4 nitrogen and oxygen atoms in total. The molecule has 0 bridgehead atoms. The van der Waals surface area contributed by atoms with Crippen molar-refractivity contribution in [3.05, 3.63) is 101 Å². The Balaban J connectivity index is 1.53. The first-order chi connectivity index (χ1) is 14.1. The van der Waals surface area contributed by atoms with Gasteiger partial charge in [-0.25, -0.2) is 8.78 Å². The van der Waals surface area contributed by atoms with E-state index < -0.39 is 5.82 Å². The van der Waals surface area contributed by atoms with Gasteiger partial charge in [0.05, 0.1) is 6.21 Å². The van der Waals surface area contributed by atoms with Gasteiger partial charge in [0.15, 0.2) is 16.7 Å². The van der Waals surface area contributed by atoms with E-state index in [9.17, 15) is 8.78 Å². The summed E-state index contributed by atoms with van der Waals surface area (Å²) in [5.41, 5.74) is 8.24. The number of rotatable bonds is 7. The number of hydrogen-bond acceptors (Lipinski definition) is 4. The lowest BCUT2D eigenvalue weighted by molar-refractivity contribution is 0.290. The molecule has 148 valence electrons. The molecule has 0 atom stereocenters. The van der Waals surface area contributed by atoms with Crippen LogP contribution in [0.2, 0.25) is 0 Å². The van der Waals surface area contributed by atoms with Gasteiger partial charge in [0, 0.05) is 5.75 Å². The second kappa shape index (κ2) is 10.4. The van der Waals surface area contributed by atoms with Gasteiger partial charge >= 0.3 is 0 Å². The summed E-state index contributed by atoms with van der Waals surface area (Å²) in [7, 11) is 0. The van der Waals surface area contributed by atoms with Crippen molar-refractivity contribution in [2.75, 3.05) is 0 Å². The number of hydrogen-bond donors (Lipinski definition) is 1. The Labute approximate surface area is 172 Å². The van der Waals surface area contributed by atoms with Crippen molar-refractivity contribution >= 4 is 23.1 Å². The van der Waals surface area contributed by atoms with Crippen LogP contribution < -0.4 is 10.5 Å². The molecule has 0 heterocycles. The molecule has 0 radical (unpaired) electrons. The van der Waals surface area contributed by atoms with E-state index in [1.54, 1.807) is 18.2 Å². The summed E-state index contributed by atoms with van der Waals surface area (Å²) in [6, 6.07) is 20.2. The van der Waals surface area contributed by atoms with Crippen LogP contribution in [-0.2, 0) is 12.4 Å². The van der Waals surface area contributed by atoms with Gasteiger partial charge in [-0.15, -0.1) is 5.10 Å². The molecule has 0 aliphatic rings. The van der Waals surface area contributed by atoms with Crippen LogP contribution in [0, 0.1) is 11.6 Å². The molecule has 0 amide bonds. The molecule has 7 heteroatoms. The van der Waals surface area contributed by atoms with Crippen molar-refractivity contribution in [1.29, 1.82) is 0 Å². The first kappa shape index (κ1) is 20.5. The van der Waals surface area contributed by atoms with Crippen molar-refractivity contribution in [1.82, 2.24) is 0 Å². The van der Waals surface area contributed by atoms with Gasteiger partial charge in [-0.3, -0.25) is 0 Å². The number of ether oxygens (including phenoxy) is 1. The summed E-state index contributed by atoms with van der Waals surface area (Å²) < 4.78 is 32.5. The molecule has 2 N–H and O–H groups in total. The van der Waals surface area contributed by atoms with Crippen LogP contribution in [0.3, 0.4) is 0 Å². The molecule has 0 unspecified atom stereocenters. The summed E-state index contributed by atoms with van der Waals surface area (Å²) in [6.07, 6.45) is 1.42. The van der Waals surface area contributed by atoms with E-state index in [-0.39, 0.29) is 18.2 Å². The van der Waals surface area contributed by atoms with Gasteiger partial charge < -0.3 is 10.5 Å². The third-order valence-corrected chi connectivity index (χ3v) is 4.71. The standard InChI is InChI=1S/C22H19F2N3OS/c23-19-9-6-16(7-10-19)14-28-21-11-8-18(12-20(21)24)13-26-27-22(25)29-15-17-4-2-1-3-5-17/h1-13H,14-15H2,(H2,25,27). The van der Waals surface area contributed by atoms with Crippen molar-refractivity contribution in [2.45, 2.75) is 12.4 Å². The average Bonchev–Trinajstić information content (AvgIpc) is 2.73. The number of amidine groups is 1. The maximum Gasteiger partial charge on any atom is 0.180 e. The van der Waals surface area contributed by atoms with E-state index in [1.807, 2.05) is 30.3 Å². The van der Waals surface area contributed by atoms with E-state index in [0.29, 0.717) is 16.5 Å². The van der Waals surface area contributed by atoms with E-state index in [1.165, 1.54) is 42.2 Å². The van der Waals surface area contributed by atoms with Crippen molar-refractivity contribution in [2.24, 2.45) is 15.9 Å². The zero-order chi connectivity index (χ0) is 20.5. The quantitative estimate of drug-likeness (QED) is 0.333. The summed E-state index contributed by atoms with van der Waals surface area (Å²) in [5.74, 6) is -0.0508. The van der Waals surface area contributed by atoms with Crippen LogP contribution in [0.25, 0.3) is 0 Å². The summed E-state index contributed by atoms with van der Waals surface area (Å²) in [4.78, 5) is 0. The monoisotopic (exact) mass is 411 g/mol. The molecule has 0 saturated carbocycles. The Bertz CT molecular complexity index is 993. The molecule has 29 heavy (non-hydrogen) atoms. The fourth-order valence-electron chi connectivity index (χ4n) is 2.37.